The van der Waals surface area contributed by atoms with E-state index in [0.717, 1.165) is 5.56 Å². The van der Waals surface area contributed by atoms with E-state index in [1.165, 1.54) is 0 Å². The summed E-state index contributed by atoms with van der Waals surface area (Å²) in [6.45, 7) is 2.04. The molecule has 108 valence electrons. The Morgan fingerprint density at radius 1 is 1.05 bits per heavy atom. The Bertz CT molecular complexity index is 617. The Hall–Kier alpha value is -2.62. The van der Waals surface area contributed by atoms with Gasteiger partial charge in [-0.1, -0.05) is 49.4 Å². The van der Waals surface area contributed by atoms with Gasteiger partial charge >= 0.3 is 5.97 Å². The molecule has 0 radical (unpaired) electrons. The van der Waals surface area contributed by atoms with Crippen molar-refractivity contribution in [3.05, 3.63) is 65.7 Å². The summed E-state index contributed by atoms with van der Waals surface area (Å²) in [7, 11) is 0. The molecule has 0 saturated heterocycles. The summed E-state index contributed by atoms with van der Waals surface area (Å²) >= 11 is 0. The number of benzene rings is 2. The molecule has 0 heterocycles. The van der Waals surface area contributed by atoms with Gasteiger partial charge in [0.1, 0.15) is 12.4 Å². The highest BCUT2D eigenvalue weighted by Crippen LogP contribution is 2.20. The molecule has 0 saturated carbocycles. The molecule has 4 heteroatoms. The van der Waals surface area contributed by atoms with Crippen molar-refractivity contribution in [3.8, 4) is 5.75 Å². The molecular formula is C17H16O4. The molecule has 0 aliphatic rings. The monoisotopic (exact) mass is 284 g/mol. The molecule has 21 heavy (non-hydrogen) atoms. The Balaban J connectivity index is 1.99. The van der Waals surface area contributed by atoms with Crippen LogP contribution in [0.4, 0.5) is 0 Å². The molecule has 2 rings (SSSR count). The van der Waals surface area contributed by atoms with E-state index in [2.05, 4.69) is 0 Å². The van der Waals surface area contributed by atoms with Gasteiger partial charge in [0.2, 0.25) is 5.78 Å². The average Bonchev–Trinajstić information content (AvgIpc) is 2.53. The van der Waals surface area contributed by atoms with Gasteiger partial charge in [-0.05, 0) is 23.3 Å². The minimum Gasteiger partial charge on any atom is -0.489 e. The zero-order valence-corrected chi connectivity index (χ0v) is 11.7. The number of carboxylic acid groups (broad SMARTS) is 1. The van der Waals surface area contributed by atoms with Crippen LogP contribution < -0.4 is 4.74 Å². The van der Waals surface area contributed by atoms with Gasteiger partial charge in [0, 0.05) is 0 Å². The second kappa shape index (κ2) is 6.70. The zero-order valence-electron chi connectivity index (χ0n) is 11.7. The number of carboxylic acids is 1. The Kier molecular flexibility index (Phi) is 4.72. The predicted molar refractivity (Wildman–Crippen MR) is 78.3 cm³/mol. The minimum absolute atomic E-state index is 0.462. The average molecular weight is 284 g/mol. The first-order chi connectivity index (χ1) is 10.1. The number of carbonyl (C=O) groups is 2. The predicted octanol–water partition coefficient (Wildman–Crippen LogP) is 3.02. The van der Waals surface area contributed by atoms with Crippen molar-refractivity contribution in [1.29, 1.82) is 0 Å². The van der Waals surface area contributed by atoms with E-state index >= 15 is 0 Å². The molecule has 2 aromatic carbocycles. The highest BCUT2D eigenvalue weighted by Gasteiger charge is 2.21. The Labute approximate surface area is 123 Å². The fourth-order valence-corrected chi connectivity index (χ4v) is 1.93. The smallest absolute Gasteiger partial charge is 0.372 e. The normalized spacial score (nSPS) is 11.7. The van der Waals surface area contributed by atoms with Crippen LogP contribution in [0.15, 0.2) is 54.6 Å². The third kappa shape index (κ3) is 3.92. The maximum atomic E-state index is 11.4. The molecule has 0 bridgehead atoms. The van der Waals surface area contributed by atoms with E-state index in [1.54, 1.807) is 31.2 Å². The fourth-order valence-electron chi connectivity index (χ4n) is 1.93. The van der Waals surface area contributed by atoms with Crippen molar-refractivity contribution >= 4 is 11.8 Å². The van der Waals surface area contributed by atoms with Crippen LogP contribution in [0.25, 0.3) is 0 Å². The molecular weight excluding hydrogens is 268 g/mol. The first-order valence-corrected chi connectivity index (χ1v) is 6.61. The first kappa shape index (κ1) is 14.8. The SMILES string of the molecule is CC(C(=O)C(=O)O)c1ccc(OCc2ccccc2)cc1. The highest BCUT2D eigenvalue weighted by molar-refractivity contribution is 6.34. The van der Waals surface area contributed by atoms with Crippen LogP contribution >= 0.6 is 0 Å². The van der Waals surface area contributed by atoms with E-state index in [9.17, 15) is 9.59 Å². The van der Waals surface area contributed by atoms with Gasteiger partial charge in [0.25, 0.3) is 0 Å². The molecule has 0 fully saturated rings. The molecule has 1 atom stereocenters. The van der Waals surface area contributed by atoms with Crippen molar-refractivity contribution in [2.24, 2.45) is 0 Å². The van der Waals surface area contributed by atoms with Gasteiger partial charge in [-0.15, -0.1) is 0 Å². The summed E-state index contributed by atoms with van der Waals surface area (Å²) in [4.78, 5) is 22.1. The van der Waals surface area contributed by atoms with Crippen LogP contribution in [0.3, 0.4) is 0 Å². The van der Waals surface area contributed by atoms with Gasteiger partial charge in [0.15, 0.2) is 0 Å². The number of hydrogen-bond donors (Lipinski definition) is 1. The summed E-state index contributed by atoms with van der Waals surface area (Å²) in [5.74, 6) is -2.21. The second-order valence-electron chi connectivity index (χ2n) is 4.73. The number of ketones is 1. The van der Waals surface area contributed by atoms with Crippen LogP contribution in [-0.2, 0) is 16.2 Å². The summed E-state index contributed by atoms with van der Waals surface area (Å²) in [6.07, 6.45) is 0. The van der Waals surface area contributed by atoms with Crippen LogP contribution in [0.2, 0.25) is 0 Å². The third-order valence-corrected chi connectivity index (χ3v) is 3.23. The maximum absolute atomic E-state index is 11.4. The summed E-state index contributed by atoms with van der Waals surface area (Å²) in [5, 5.41) is 8.70. The number of aliphatic carboxylic acids is 1. The Morgan fingerprint density at radius 3 is 2.24 bits per heavy atom. The topological polar surface area (TPSA) is 63.6 Å². The molecule has 4 nitrogen and oxygen atoms in total. The van der Waals surface area contributed by atoms with E-state index in [0.29, 0.717) is 17.9 Å². The highest BCUT2D eigenvalue weighted by atomic mass is 16.5. The van der Waals surface area contributed by atoms with Crippen molar-refractivity contribution in [3.63, 3.8) is 0 Å². The number of hydrogen-bond acceptors (Lipinski definition) is 3. The maximum Gasteiger partial charge on any atom is 0.372 e. The lowest BCUT2D eigenvalue weighted by atomic mass is 9.97. The molecule has 0 aromatic heterocycles. The summed E-state index contributed by atoms with van der Waals surface area (Å²) < 4.78 is 5.63. The van der Waals surface area contributed by atoms with Crippen molar-refractivity contribution in [2.45, 2.75) is 19.4 Å². The number of carbonyl (C=O) groups excluding carboxylic acids is 1. The third-order valence-electron chi connectivity index (χ3n) is 3.23. The second-order valence-corrected chi connectivity index (χ2v) is 4.73. The summed E-state index contributed by atoms with van der Waals surface area (Å²) in [6, 6.07) is 16.7. The van der Waals surface area contributed by atoms with Crippen LogP contribution in [0, 0.1) is 0 Å². The lowest BCUT2D eigenvalue weighted by Gasteiger charge is -2.10. The van der Waals surface area contributed by atoms with E-state index in [1.807, 2.05) is 30.3 Å². The molecule has 0 amide bonds. The van der Waals surface area contributed by atoms with Gasteiger partial charge in [-0.2, -0.15) is 0 Å². The molecule has 2 aromatic rings. The van der Waals surface area contributed by atoms with Gasteiger partial charge in [-0.3, -0.25) is 4.79 Å². The quantitative estimate of drug-likeness (QED) is 0.828. The van der Waals surface area contributed by atoms with Gasteiger partial charge in [-0.25, -0.2) is 4.79 Å². The summed E-state index contributed by atoms with van der Waals surface area (Å²) in [5.41, 5.74) is 1.73. The van der Waals surface area contributed by atoms with E-state index in [4.69, 9.17) is 9.84 Å². The standard InChI is InChI=1S/C17H16O4/c1-12(16(18)17(19)20)14-7-9-15(10-8-14)21-11-13-5-3-2-4-6-13/h2-10,12H,11H2,1H3,(H,19,20). The number of rotatable bonds is 6. The molecule has 0 spiro atoms. The largest absolute Gasteiger partial charge is 0.489 e. The number of ether oxygens (including phenoxy) is 1. The van der Waals surface area contributed by atoms with Crippen LogP contribution in [0.1, 0.15) is 24.0 Å². The Morgan fingerprint density at radius 2 is 1.67 bits per heavy atom. The number of Topliss-reactive ketones (excluding diaryl/α,β-unsaturated/α-hetero) is 1. The van der Waals surface area contributed by atoms with Crippen molar-refractivity contribution in [1.82, 2.24) is 0 Å². The van der Waals surface area contributed by atoms with Crippen LogP contribution in [-0.4, -0.2) is 16.9 Å². The molecule has 0 aliphatic heterocycles. The lowest BCUT2D eigenvalue weighted by Crippen LogP contribution is -2.19. The van der Waals surface area contributed by atoms with Gasteiger partial charge in [0.05, 0.1) is 5.92 Å². The van der Waals surface area contributed by atoms with Gasteiger partial charge < -0.3 is 9.84 Å². The van der Waals surface area contributed by atoms with E-state index < -0.39 is 17.7 Å². The van der Waals surface area contributed by atoms with Crippen LogP contribution in [0.5, 0.6) is 5.75 Å². The first-order valence-electron chi connectivity index (χ1n) is 6.61. The van der Waals surface area contributed by atoms with Crippen molar-refractivity contribution < 1.29 is 19.4 Å². The minimum atomic E-state index is -1.41. The molecule has 1 N–H and O–H groups in total. The molecule has 0 aliphatic carbocycles. The zero-order chi connectivity index (χ0) is 15.2. The molecule has 1 unspecified atom stereocenters. The van der Waals surface area contributed by atoms with Crippen molar-refractivity contribution in [2.75, 3.05) is 0 Å². The van der Waals surface area contributed by atoms with E-state index in [-0.39, 0.29) is 0 Å². The fraction of sp³-hybridized carbons (Fsp3) is 0.176. The lowest BCUT2D eigenvalue weighted by molar-refractivity contribution is -0.149.